The lowest BCUT2D eigenvalue weighted by Gasteiger charge is -2.04. The number of hydrogen-bond acceptors (Lipinski definition) is 5. The molecule has 140 valence electrons. The molecule has 0 aliphatic carbocycles. The predicted molar refractivity (Wildman–Crippen MR) is 112 cm³/mol. The number of cyclic esters (lactones) is 1. The summed E-state index contributed by atoms with van der Waals surface area (Å²) in [6, 6.07) is 18.2. The van der Waals surface area contributed by atoms with Gasteiger partial charge in [-0.05, 0) is 41.1 Å². The van der Waals surface area contributed by atoms with Gasteiger partial charge in [-0.15, -0.1) is 0 Å². The van der Waals surface area contributed by atoms with Crippen LogP contribution in [0.2, 0.25) is 5.02 Å². The van der Waals surface area contributed by atoms with Crippen molar-refractivity contribution in [3.05, 3.63) is 99.0 Å². The van der Waals surface area contributed by atoms with Crippen LogP contribution in [-0.2, 0) is 9.53 Å². The van der Waals surface area contributed by atoms with E-state index in [1.807, 2.05) is 42.5 Å². The Bertz CT molecular complexity index is 1430. The SMILES string of the molecule is O=C1OC(c2cccc3ccccc23)=NC1=Cc1coc2ccc(Cl)cc2c1=O. The second-order valence-corrected chi connectivity index (χ2v) is 6.96. The molecule has 3 aromatic carbocycles. The Balaban J connectivity index is 1.62. The average molecular weight is 402 g/mol. The monoisotopic (exact) mass is 401 g/mol. The molecule has 0 spiro atoms. The molecule has 0 bridgehead atoms. The number of hydrogen-bond donors (Lipinski definition) is 0. The fourth-order valence-corrected chi connectivity index (χ4v) is 3.47. The Labute approximate surface area is 169 Å². The number of rotatable bonds is 2. The Kier molecular flexibility index (Phi) is 4.03. The first kappa shape index (κ1) is 17.4. The first-order valence-corrected chi connectivity index (χ1v) is 9.20. The van der Waals surface area contributed by atoms with Crippen LogP contribution in [-0.4, -0.2) is 11.9 Å². The summed E-state index contributed by atoms with van der Waals surface area (Å²) >= 11 is 5.98. The van der Waals surface area contributed by atoms with Gasteiger partial charge in [-0.1, -0.05) is 48.0 Å². The van der Waals surface area contributed by atoms with Crippen LogP contribution in [0.1, 0.15) is 11.1 Å². The minimum atomic E-state index is -0.626. The van der Waals surface area contributed by atoms with Crippen LogP contribution in [0.3, 0.4) is 0 Å². The third-order valence-electron chi connectivity index (χ3n) is 4.69. The molecule has 0 radical (unpaired) electrons. The zero-order valence-corrected chi connectivity index (χ0v) is 15.6. The van der Waals surface area contributed by atoms with E-state index in [9.17, 15) is 9.59 Å². The molecule has 2 heterocycles. The standard InChI is InChI=1S/C23H12ClNO4/c24-15-8-9-20-18(11-15)21(26)14(12-28-20)10-19-23(27)29-22(25-19)17-7-3-5-13-4-1-2-6-16(13)17/h1-12H. The zero-order chi connectivity index (χ0) is 20.0. The summed E-state index contributed by atoms with van der Waals surface area (Å²) in [7, 11) is 0. The van der Waals surface area contributed by atoms with Crippen molar-refractivity contribution in [2.45, 2.75) is 0 Å². The average Bonchev–Trinajstić information content (AvgIpc) is 3.10. The van der Waals surface area contributed by atoms with E-state index in [2.05, 4.69) is 4.99 Å². The fraction of sp³-hybridized carbons (Fsp3) is 0. The molecular weight excluding hydrogens is 390 g/mol. The molecule has 4 aromatic rings. The van der Waals surface area contributed by atoms with Crippen LogP contribution in [0.4, 0.5) is 0 Å². The number of carbonyl (C=O) groups excluding carboxylic acids is 1. The maximum atomic E-state index is 12.7. The molecular formula is C23H12ClNO4. The molecule has 0 saturated carbocycles. The van der Waals surface area contributed by atoms with Gasteiger partial charge in [0.25, 0.3) is 0 Å². The molecule has 0 saturated heterocycles. The predicted octanol–water partition coefficient (Wildman–Crippen LogP) is 4.94. The molecule has 0 atom stereocenters. The Morgan fingerprint density at radius 2 is 1.76 bits per heavy atom. The number of halogens is 1. The highest BCUT2D eigenvalue weighted by Crippen LogP contribution is 2.25. The largest absolute Gasteiger partial charge is 0.463 e. The van der Waals surface area contributed by atoms with Crippen LogP contribution in [0.25, 0.3) is 27.8 Å². The first-order valence-electron chi connectivity index (χ1n) is 8.82. The highest BCUT2D eigenvalue weighted by atomic mass is 35.5. The van der Waals surface area contributed by atoms with E-state index in [0.29, 0.717) is 21.6 Å². The lowest BCUT2D eigenvalue weighted by Crippen LogP contribution is -2.07. The highest BCUT2D eigenvalue weighted by Gasteiger charge is 2.25. The lowest BCUT2D eigenvalue weighted by atomic mass is 10.0. The zero-order valence-electron chi connectivity index (χ0n) is 14.9. The summed E-state index contributed by atoms with van der Waals surface area (Å²) < 4.78 is 10.9. The fourth-order valence-electron chi connectivity index (χ4n) is 3.30. The van der Waals surface area contributed by atoms with Crippen molar-refractivity contribution in [3.8, 4) is 0 Å². The Morgan fingerprint density at radius 1 is 0.931 bits per heavy atom. The number of nitrogens with zero attached hydrogens (tertiary/aromatic N) is 1. The smallest absolute Gasteiger partial charge is 0.363 e. The number of esters is 1. The van der Waals surface area contributed by atoms with Crippen LogP contribution in [0, 0.1) is 0 Å². The third kappa shape index (κ3) is 3.02. The van der Waals surface area contributed by atoms with Crippen LogP contribution >= 0.6 is 11.6 Å². The summed E-state index contributed by atoms with van der Waals surface area (Å²) in [6.45, 7) is 0. The quantitative estimate of drug-likeness (QED) is 0.352. The van der Waals surface area contributed by atoms with E-state index >= 15 is 0 Å². The Hall–Kier alpha value is -3.70. The van der Waals surface area contributed by atoms with E-state index in [1.54, 1.807) is 12.1 Å². The minimum absolute atomic E-state index is 0.0293. The second kappa shape index (κ2) is 6.72. The van der Waals surface area contributed by atoms with Crippen LogP contribution in [0.15, 0.2) is 86.8 Å². The van der Waals surface area contributed by atoms with Crippen molar-refractivity contribution >= 4 is 51.3 Å². The molecule has 0 amide bonds. The van der Waals surface area contributed by atoms with Gasteiger partial charge in [0.2, 0.25) is 5.90 Å². The van der Waals surface area contributed by atoms with Crippen LogP contribution in [0.5, 0.6) is 0 Å². The van der Waals surface area contributed by atoms with Crippen molar-refractivity contribution in [1.82, 2.24) is 0 Å². The third-order valence-corrected chi connectivity index (χ3v) is 4.93. The highest BCUT2D eigenvalue weighted by molar-refractivity contribution is 6.31. The van der Waals surface area contributed by atoms with Crippen molar-refractivity contribution in [1.29, 1.82) is 0 Å². The summed E-state index contributed by atoms with van der Waals surface area (Å²) in [5, 5.41) is 2.68. The molecule has 0 unspecified atom stereocenters. The van der Waals surface area contributed by atoms with E-state index in [1.165, 1.54) is 18.4 Å². The van der Waals surface area contributed by atoms with Gasteiger partial charge in [0.1, 0.15) is 11.8 Å². The maximum Gasteiger partial charge on any atom is 0.363 e. The minimum Gasteiger partial charge on any atom is -0.463 e. The van der Waals surface area contributed by atoms with Gasteiger partial charge in [-0.3, -0.25) is 4.79 Å². The van der Waals surface area contributed by atoms with E-state index < -0.39 is 5.97 Å². The van der Waals surface area contributed by atoms with Gasteiger partial charge < -0.3 is 9.15 Å². The number of benzene rings is 3. The summed E-state index contributed by atoms with van der Waals surface area (Å²) in [5.74, 6) is -0.426. The molecule has 1 aromatic heterocycles. The normalized spacial score (nSPS) is 15.1. The Morgan fingerprint density at radius 3 is 2.66 bits per heavy atom. The summed E-state index contributed by atoms with van der Waals surface area (Å²) in [6.07, 6.45) is 2.66. The van der Waals surface area contributed by atoms with Gasteiger partial charge in [-0.2, -0.15) is 0 Å². The van der Waals surface area contributed by atoms with Crippen molar-refractivity contribution in [2.24, 2.45) is 4.99 Å². The maximum absolute atomic E-state index is 12.7. The van der Waals surface area contributed by atoms with E-state index in [4.69, 9.17) is 20.8 Å². The molecule has 29 heavy (non-hydrogen) atoms. The van der Waals surface area contributed by atoms with Crippen molar-refractivity contribution in [2.75, 3.05) is 0 Å². The number of carbonyl (C=O) groups is 1. The molecule has 5 nitrogen and oxygen atoms in total. The molecule has 1 aliphatic heterocycles. The van der Waals surface area contributed by atoms with Crippen molar-refractivity contribution in [3.63, 3.8) is 0 Å². The number of ether oxygens (including phenoxy) is 1. The summed E-state index contributed by atoms with van der Waals surface area (Å²) in [5.41, 5.74) is 1.03. The van der Waals surface area contributed by atoms with E-state index in [-0.39, 0.29) is 22.6 Å². The van der Waals surface area contributed by atoms with Crippen molar-refractivity contribution < 1.29 is 13.9 Å². The molecule has 0 N–H and O–H groups in total. The number of aliphatic imine (C=N–C) groups is 1. The molecule has 1 aliphatic rings. The van der Waals surface area contributed by atoms with Gasteiger partial charge >= 0.3 is 5.97 Å². The van der Waals surface area contributed by atoms with Gasteiger partial charge in [0.05, 0.1) is 10.9 Å². The molecule has 6 heteroatoms. The first-order chi connectivity index (χ1) is 14.1. The second-order valence-electron chi connectivity index (χ2n) is 6.52. The van der Waals surface area contributed by atoms with E-state index in [0.717, 1.165) is 10.8 Å². The summed E-state index contributed by atoms with van der Waals surface area (Å²) in [4.78, 5) is 29.4. The van der Waals surface area contributed by atoms with Gasteiger partial charge in [0.15, 0.2) is 11.1 Å². The lowest BCUT2D eigenvalue weighted by molar-refractivity contribution is -0.129. The van der Waals surface area contributed by atoms with Gasteiger partial charge in [0, 0.05) is 10.6 Å². The van der Waals surface area contributed by atoms with Crippen LogP contribution < -0.4 is 5.43 Å². The van der Waals surface area contributed by atoms with Gasteiger partial charge in [-0.25, -0.2) is 9.79 Å². The topological polar surface area (TPSA) is 68.9 Å². The molecule has 0 fully saturated rings. The number of fused-ring (bicyclic) bond motifs is 2. The molecule has 5 rings (SSSR count).